The van der Waals surface area contributed by atoms with Crippen LogP contribution in [0.3, 0.4) is 0 Å². The van der Waals surface area contributed by atoms with Crippen molar-refractivity contribution in [3.63, 3.8) is 0 Å². The maximum Gasteiger partial charge on any atom is 0.191 e. The van der Waals surface area contributed by atoms with Gasteiger partial charge in [-0.25, -0.2) is 0 Å². The van der Waals surface area contributed by atoms with Gasteiger partial charge in [-0.05, 0) is 37.8 Å². The minimum absolute atomic E-state index is 0.0631. The Kier molecular flexibility index (Phi) is 3.77. The first-order chi connectivity index (χ1) is 7.66. The molecule has 0 N–H and O–H groups in total. The van der Waals surface area contributed by atoms with Crippen LogP contribution in [-0.2, 0) is 4.74 Å². The van der Waals surface area contributed by atoms with Gasteiger partial charge in [0.2, 0.25) is 0 Å². The van der Waals surface area contributed by atoms with Gasteiger partial charge in [0.05, 0.1) is 6.61 Å². The molecule has 0 aromatic heterocycles. The van der Waals surface area contributed by atoms with Gasteiger partial charge in [-0.3, -0.25) is 4.79 Å². The van der Waals surface area contributed by atoms with E-state index in [1.807, 2.05) is 31.2 Å². The average molecular weight is 283 g/mol. The van der Waals surface area contributed by atoms with Crippen molar-refractivity contribution < 1.29 is 9.53 Å². The number of carbonyl (C=O) groups is 1. The third-order valence-electron chi connectivity index (χ3n) is 2.78. The molecular formula is C13H15BrO2. The summed E-state index contributed by atoms with van der Waals surface area (Å²) in [6.07, 6.45) is 2.17. The summed E-state index contributed by atoms with van der Waals surface area (Å²) >= 11 is 3.35. The van der Waals surface area contributed by atoms with E-state index in [0.29, 0.717) is 11.5 Å². The second-order valence-electron chi connectivity index (χ2n) is 4.29. The molecule has 1 aromatic carbocycles. The molecule has 16 heavy (non-hydrogen) atoms. The Morgan fingerprint density at radius 1 is 1.44 bits per heavy atom. The lowest BCUT2D eigenvalue weighted by atomic mass is 10.1. The molecule has 1 unspecified atom stereocenters. The molecule has 2 rings (SSSR count). The molecule has 0 saturated heterocycles. The maximum absolute atomic E-state index is 11.9. The van der Waals surface area contributed by atoms with E-state index < -0.39 is 0 Å². The normalized spacial score (nSPS) is 17.1. The Morgan fingerprint density at radius 2 is 2.06 bits per heavy atom. The van der Waals surface area contributed by atoms with E-state index in [2.05, 4.69) is 15.9 Å². The minimum atomic E-state index is -0.332. The summed E-state index contributed by atoms with van der Waals surface area (Å²) in [5.41, 5.74) is 0.714. The van der Waals surface area contributed by atoms with E-state index >= 15 is 0 Å². The van der Waals surface area contributed by atoms with Gasteiger partial charge in [-0.15, -0.1) is 0 Å². The van der Waals surface area contributed by atoms with Crippen molar-refractivity contribution in [3.05, 3.63) is 34.3 Å². The van der Waals surface area contributed by atoms with Crippen molar-refractivity contribution in [1.82, 2.24) is 0 Å². The van der Waals surface area contributed by atoms with E-state index in [1.165, 1.54) is 12.8 Å². The van der Waals surface area contributed by atoms with E-state index in [4.69, 9.17) is 4.74 Å². The topological polar surface area (TPSA) is 26.3 Å². The number of halogens is 1. The maximum atomic E-state index is 11.9. The molecule has 2 nitrogen and oxygen atoms in total. The zero-order valence-electron chi connectivity index (χ0n) is 9.28. The summed E-state index contributed by atoms with van der Waals surface area (Å²) in [5, 5.41) is 0. The van der Waals surface area contributed by atoms with Crippen LogP contribution in [0.25, 0.3) is 0 Å². The van der Waals surface area contributed by atoms with Gasteiger partial charge in [0.15, 0.2) is 5.78 Å². The summed E-state index contributed by atoms with van der Waals surface area (Å²) < 4.78 is 6.53. The first-order valence-electron chi connectivity index (χ1n) is 5.58. The summed E-state index contributed by atoms with van der Waals surface area (Å²) in [5.74, 6) is 0.758. The first kappa shape index (κ1) is 11.8. The highest BCUT2D eigenvalue weighted by Crippen LogP contribution is 2.29. The highest BCUT2D eigenvalue weighted by atomic mass is 79.9. The molecule has 1 fully saturated rings. The molecule has 0 amide bonds. The number of hydrogen-bond donors (Lipinski definition) is 0. The van der Waals surface area contributed by atoms with Gasteiger partial charge in [-0.2, -0.15) is 0 Å². The quantitative estimate of drug-likeness (QED) is 0.774. The number of Topliss-reactive ketones (excluding diaryl/α,β-unsaturated/α-hetero) is 1. The molecular weight excluding hydrogens is 268 g/mol. The Balaban J connectivity index is 1.91. The van der Waals surface area contributed by atoms with Crippen LogP contribution in [0.2, 0.25) is 0 Å². The molecule has 0 aliphatic heterocycles. The fraction of sp³-hybridized carbons (Fsp3) is 0.462. The zero-order chi connectivity index (χ0) is 11.5. The predicted molar refractivity (Wildman–Crippen MR) is 66.6 cm³/mol. The van der Waals surface area contributed by atoms with Crippen LogP contribution in [0.1, 0.15) is 30.1 Å². The molecule has 3 heteroatoms. The third kappa shape index (κ3) is 3.16. The molecule has 1 aliphatic carbocycles. The molecule has 0 heterocycles. The summed E-state index contributed by atoms with van der Waals surface area (Å²) in [6.45, 7) is 2.55. The zero-order valence-corrected chi connectivity index (χ0v) is 10.9. The standard InChI is InChI=1S/C13H15BrO2/c1-9(16-8-10-2-3-10)13(15)11-4-6-12(14)7-5-11/h4-7,9-10H,2-3,8H2,1H3. The Labute approximate surface area is 104 Å². The number of hydrogen-bond acceptors (Lipinski definition) is 2. The molecule has 86 valence electrons. The molecule has 0 spiro atoms. The first-order valence-corrected chi connectivity index (χ1v) is 6.37. The van der Waals surface area contributed by atoms with E-state index in [-0.39, 0.29) is 11.9 Å². The van der Waals surface area contributed by atoms with E-state index in [1.54, 1.807) is 0 Å². The molecule has 1 atom stereocenters. The van der Waals surface area contributed by atoms with E-state index in [0.717, 1.165) is 11.1 Å². The number of ether oxygens (including phenoxy) is 1. The van der Waals surface area contributed by atoms with Crippen LogP contribution in [0.15, 0.2) is 28.7 Å². The lowest BCUT2D eigenvalue weighted by Crippen LogP contribution is -2.21. The smallest absolute Gasteiger partial charge is 0.191 e. The molecule has 1 aliphatic rings. The van der Waals surface area contributed by atoms with Crippen LogP contribution in [-0.4, -0.2) is 18.5 Å². The second kappa shape index (κ2) is 5.11. The molecule has 0 radical (unpaired) electrons. The molecule has 1 saturated carbocycles. The van der Waals surface area contributed by atoms with Gasteiger partial charge < -0.3 is 4.74 Å². The number of ketones is 1. The molecule has 1 aromatic rings. The molecule has 0 bridgehead atoms. The lowest BCUT2D eigenvalue weighted by Gasteiger charge is -2.11. The van der Waals surface area contributed by atoms with Gasteiger partial charge in [0.1, 0.15) is 6.10 Å². The monoisotopic (exact) mass is 282 g/mol. The van der Waals surface area contributed by atoms with Crippen molar-refractivity contribution in [2.45, 2.75) is 25.9 Å². The number of benzene rings is 1. The Hall–Kier alpha value is -0.670. The van der Waals surface area contributed by atoms with Crippen molar-refractivity contribution in [3.8, 4) is 0 Å². The fourth-order valence-electron chi connectivity index (χ4n) is 1.49. The number of carbonyl (C=O) groups excluding carboxylic acids is 1. The Bertz CT molecular complexity index is 368. The third-order valence-corrected chi connectivity index (χ3v) is 3.31. The number of rotatable bonds is 5. The van der Waals surface area contributed by atoms with Crippen molar-refractivity contribution >= 4 is 21.7 Å². The Morgan fingerprint density at radius 3 is 2.62 bits per heavy atom. The predicted octanol–water partition coefficient (Wildman–Crippen LogP) is 3.45. The minimum Gasteiger partial charge on any atom is -0.370 e. The highest BCUT2D eigenvalue weighted by molar-refractivity contribution is 9.10. The van der Waals surface area contributed by atoms with Crippen molar-refractivity contribution in [1.29, 1.82) is 0 Å². The highest BCUT2D eigenvalue weighted by Gasteiger charge is 2.24. The van der Waals surface area contributed by atoms with Crippen molar-refractivity contribution in [2.24, 2.45) is 5.92 Å². The van der Waals surface area contributed by atoms with Crippen molar-refractivity contribution in [2.75, 3.05) is 6.61 Å². The summed E-state index contributed by atoms with van der Waals surface area (Å²) in [6, 6.07) is 7.40. The van der Waals surface area contributed by atoms with Gasteiger partial charge in [0.25, 0.3) is 0 Å². The van der Waals surface area contributed by atoms with Gasteiger partial charge >= 0.3 is 0 Å². The average Bonchev–Trinajstić information content (AvgIpc) is 3.10. The van der Waals surface area contributed by atoms with Crippen LogP contribution in [0.5, 0.6) is 0 Å². The van der Waals surface area contributed by atoms with E-state index in [9.17, 15) is 4.79 Å². The summed E-state index contributed by atoms with van der Waals surface area (Å²) in [4.78, 5) is 11.9. The van der Waals surface area contributed by atoms with Gasteiger partial charge in [0, 0.05) is 10.0 Å². The largest absolute Gasteiger partial charge is 0.370 e. The van der Waals surface area contributed by atoms with Crippen LogP contribution in [0, 0.1) is 5.92 Å². The fourth-order valence-corrected chi connectivity index (χ4v) is 1.75. The van der Waals surface area contributed by atoms with Crippen LogP contribution in [0.4, 0.5) is 0 Å². The SMILES string of the molecule is CC(OCC1CC1)C(=O)c1ccc(Br)cc1. The lowest BCUT2D eigenvalue weighted by molar-refractivity contribution is 0.0441. The summed E-state index contributed by atoms with van der Waals surface area (Å²) in [7, 11) is 0. The van der Waals surface area contributed by atoms with Gasteiger partial charge in [-0.1, -0.05) is 28.1 Å². The second-order valence-corrected chi connectivity index (χ2v) is 5.21. The van der Waals surface area contributed by atoms with Crippen LogP contribution >= 0.6 is 15.9 Å². The van der Waals surface area contributed by atoms with Crippen LogP contribution < -0.4 is 0 Å².